The Morgan fingerprint density at radius 2 is 1.71 bits per heavy atom. The summed E-state index contributed by atoms with van der Waals surface area (Å²) < 4.78 is 0. The lowest BCUT2D eigenvalue weighted by Crippen LogP contribution is -2.48. The van der Waals surface area contributed by atoms with Crippen LogP contribution in [0.2, 0.25) is 0 Å². The molecule has 0 aliphatic carbocycles. The minimum atomic E-state index is 0.360. The Balaban J connectivity index is 2.17. The van der Waals surface area contributed by atoms with Crippen molar-refractivity contribution in [2.45, 2.75) is 26.3 Å². The van der Waals surface area contributed by atoms with E-state index in [-0.39, 0.29) is 0 Å². The van der Waals surface area contributed by atoms with E-state index in [2.05, 4.69) is 30.7 Å². The van der Waals surface area contributed by atoms with Gasteiger partial charge in [-0.15, -0.1) is 0 Å². The predicted octanol–water partition coefficient (Wildman–Crippen LogP) is 0.607. The fraction of sp³-hybridized carbons (Fsp3) is 1.00. The second-order valence-electron chi connectivity index (χ2n) is 4.99. The van der Waals surface area contributed by atoms with Gasteiger partial charge < -0.3 is 10.6 Å². The first-order chi connectivity index (χ1) is 6.58. The van der Waals surface area contributed by atoms with Gasteiger partial charge in [-0.3, -0.25) is 4.90 Å². The highest BCUT2D eigenvalue weighted by Crippen LogP contribution is 2.06. The van der Waals surface area contributed by atoms with Gasteiger partial charge in [0.15, 0.2) is 0 Å². The molecule has 0 aromatic carbocycles. The minimum absolute atomic E-state index is 0.360. The molecule has 3 nitrogen and oxygen atoms in total. The van der Waals surface area contributed by atoms with Crippen LogP contribution in [0.25, 0.3) is 0 Å². The van der Waals surface area contributed by atoms with Crippen LogP contribution in [0.1, 0.15) is 20.3 Å². The van der Waals surface area contributed by atoms with Gasteiger partial charge in [0.2, 0.25) is 0 Å². The third-order valence-corrected chi connectivity index (χ3v) is 2.86. The summed E-state index contributed by atoms with van der Waals surface area (Å²) in [5.41, 5.74) is 6.08. The van der Waals surface area contributed by atoms with Gasteiger partial charge in [0.1, 0.15) is 0 Å². The topological polar surface area (TPSA) is 32.5 Å². The van der Waals surface area contributed by atoms with Crippen molar-refractivity contribution in [3.05, 3.63) is 0 Å². The first-order valence-corrected chi connectivity index (χ1v) is 5.74. The summed E-state index contributed by atoms with van der Waals surface area (Å²) in [4.78, 5) is 4.87. The quantitative estimate of drug-likeness (QED) is 0.720. The second kappa shape index (κ2) is 5.69. The average Bonchev–Trinajstić information content (AvgIpc) is 2.07. The van der Waals surface area contributed by atoms with E-state index in [0.717, 1.165) is 18.9 Å². The van der Waals surface area contributed by atoms with Crippen molar-refractivity contribution < 1.29 is 0 Å². The average molecular weight is 199 g/mol. The van der Waals surface area contributed by atoms with Crippen LogP contribution in [0.15, 0.2) is 0 Å². The van der Waals surface area contributed by atoms with Gasteiger partial charge in [0, 0.05) is 38.8 Å². The summed E-state index contributed by atoms with van der Waals surface area (Å²) >= 11 is 0. The summed E-state index contributed by atoms with van der Waals surface area (Å²) in [6.07, 6.45) is 1.15. The molecule has 0 unspecified atom stereocenters. The van der Waals surface area contributed by atoms with Crippen LogP contribution in [0, 0.1) is 5.92 Å². The van der Waals surface area contributed by atoms with E-state index in [1.807, 2.05) is 0 Å². The molecule has 1 rings (SSSR count). The molecule has 0 spiro atoms. The van der Waals surface area contributed by atoms with Gasteiger partial charge in [0.25, 0.3) is 0 Å². The maximum Gasteiger partial charge on any atom is 0.0170 e. The third-order valence-electron chi connectivity index (χ3n) is 2.86. The molecule has 1 aliphatic rings. The van der Waals surface area contributed by atoms with E-state index in [9.17, 15) is 0 Å². The molecule has 0 bridgehead atoms. The maximum absolute atomic E-state index is 6.08. The number of hydrogen-bond donors (Lipinski definition) is 1. The van der Waals surface area contributed by atoms with Gasteiger partial charge in [0.05, 0.1) is 0 Å². The second-order valence-corrected chi connectivity index (χ2v) is 4.99. The summed E-state index contributed by atoms with van der Waals surface area (Å²) in [7, 11) is 2.19. The van der Waals surface area contributed by atoms with Crippen LogP contribution < -0.4 is 5.73 Å². The molecule has 0 aromatic heterocycles. The van der Waals surface area contributed by atoms with Gasteiger partial charge in [-0.25, -0.2) is 0 Å². The monoisotopic (exact) mass is 199 g/mol. The first kappa shape index (κ1) is 12.0. The zero-order valence-corrected chi connectivity index (χ0v) is 9.87. The van der Waals surface area contributed by atoms with Crippen molar-refractivity contribution in [2.24, 2.45) is 11.7 Å². The molecule has 3 heteroatoms. The number of piperazine rings is 1. The first-order valence-electron chi connectivity index (χ1n) is 5.74. The highest BCUT2D eigenvalue weighted by atomic mass is 15.2. The molecule has 0 aromatic rings. The lowest BCUT2D eigenvalue weighted by atomic mass is 10.0. The lowest BCUT2D eigenvalue weighted by Gasteiger charge is -2.34. The summed E-state index contributed by atoms with van der Waals surface area (Å²) in [6, 6.07) is 0.360. The van der Waals surface area contributed by atoms with Gasteiger partial charge in [-0.2, -0.15) is 0 Å². The smallest absolute Gasteiger partial charge is 0.0170 e. The van der Waals surface area contributed by atoms with Crippen molar-refractivity contribution in [1.82, 2.24) is 9.80 Å². The van der Waals surface area contributed by atoms with E-state index in [4.69, 9.17) is 5.73 Å². The Labute approximate surface area is 88.2 Å². The number of nitrogens with zero attached hydrogens (tertiary/aromatic N) is 2. The number of nitrogens with two attached hydrogens (primary N) is 1. The maximum atomic E-state index is 6.08. The largest absolute Gasteiger partial charge is 0.327 e. The molecule has 1 fully saturated rings. The molecule has 84 valence electrons. The van der Waals surface area contributed by atoms with Gasteiger partial charge in [-0.1, -0.05) is 13.8 Å². The molecular weight excluding hydrogens is 174 g/mol. The molecule has 1 heterocycles. The third kappa shape index (κ3) is 4.40. The van der Waals surface area contributed by atoms with E-state index in [1.165, 1.54) is 26.2 Å². The summed E-state index contributed by atoms with van der Waals surface area (Å²) in [5, 5.41) is 0. The molecule has 0 amide bonds. The van der Waals surface area contributed by atoms with E-state index >= 15 is 0 Å². The van der Waals surface area contributed by atoms with Crippen molar-refractivity contribution >= 4 is 0 Å². The number of hydrogen-bond acceptors (Lipinski definition) is 3. The van der Waals surface area contributed by atoms with E-state index in [0.29, 0.717) is 6.04 Å². The Morgan fingerprint density at radius 1 is 1.14 bits per heavy atom. The van der Waals surface area contributed by atoms with Crippen molar-refractivity contribution in [3.63, 3.8) is 0 Å². The summed E-state index contributed by atoms with van der Waals surface area (Å²) in [5.74, 6) is 0.720. The minimum Gasteiger partial charge on any atom is -0.327 e. The van der Waals surface area contributed by atoms with Crippen LogP contribution >= 0.6 is 0 Å². The van der Waals surface area contributed by atoms with Crippen LogP contribution in [-0.2, 0) is 0 Å². The van der Waals surface area contributed by atoms with E-state index in [1.54, 1.807) is 0 Å². The van der Waals surface area contributed by atoms with Crippen LogP contribution in [0.4, 0.5) is 0 Å². The zero-order chi connectivity index (χ0) is 10.6. The van der Waals surface area contributed by atoms with Gasteiger partial charge in [-0.05, 0) is 19.4 Å². The normalized spacial score (nSPS) is 22.9. The molecule has 0 radical (unpaired) electrons. The number of likely N-dealkylation sites (N-methyl/N-ethyl adjacent to an activating group) is 1. The van der Waals surface area contributed by atoms with Gasteiger partial charge >= 0.3 is 0 Å². The highest BCUT2D eigenvalue weighted by Gasteiger charge is 2.16. The lowest BCUT2D eigenvalue weighted by molar-refractivity contribution is 0.144. The molecular formula is C11H25N3. The molecule has 1 atom stereocenters. The molecule has 14 heavy (non-hydrogen) atoms. The molecule has 2 N–H and O–H groups in total. The molecule has 1 saturated heterocycles. The standard InChI is InChI=1S/C11H25N3/c1-10(2)8-11(12)9-14-6-4-13(3)5-7-14/h10-11H,4-9,12H2,1-3H3/t11-/m0/s1. The van der Waals surface area contributed by atoms with Crippen molar-refractivity contribution in [1.29, 1.82) is 0 Å². The number of rotatable bonds is 4. The Morgan fingerprint density at radius 3 is 2.21 bits per heavy atom. The van der Waals surface area contributed by atoms with E-state index < -0.39 is 0 Å². The van der Waals surface area contributed by atoms with Crippen molar-refractivity contribution in [3.8, 4) is 0 Å². The van der Waals surface area contributed by atoms with Crippen LogP contribution in [0.3, 0.4) is 0 Å². The summed E-state index contributed by atoms with van der Waals surface area (Å²) in [6.45, 7) is 10.3. The zero-order valence-electron chi connectivity index (χ0n) is 9.87. The SMILES string of the molecule is CC(C)C[C@H](N)CN1CCN(C)CC1. The van der Waals surface area contributed by atoms with Crippen LogP contribution in [-0.4, -0.2) is 55.6 Å². The molecule has 1 aliphatic heterocycles. The fourth-order valence-corrected chi connectivity index (χ4v) is 2.04. The highest BCUT2D eigenvalue weighted by molar-refractivity contribution is 4.74. The Kier molecular flexibility index (Phi) is 4.85. The Bertz CT molecular complexity index is 151. The molecule has 0 saturated carbocycles. The van der Waals surface area contributed by atoms with Crippen molar-refractivity contribution in [2.75, 3.05) is 39.8 Å². The fourth-order valence-electron chi connectivity index (χ4n) is 2.04. The predicted molar refractivity (Wildman–Crippen MR) is 61.4 cm³/mol. The Hall–Kier alpha value is -0.120. The van der Waals surface area contributed by atoms with Crippen LogP contribution in [0.5, 0.6) is 0 Å².